The Morgan fingerprint density at radius 1 is 1.08 bits per heavy atom. The van der Waals surface area contributed by atoms with Crippen LogP contribution in [0.15, 0.2) is 74.8 Å². The second kappa shape index (κ2) is 10.1. The van der Waals surface area contributed by atoms with Crippen LogP contribution in [0.4, 0.5) is 0 Å². The average molecular weight is 545 g/mol. The molecule has 2 atom stereocenters. The lowest BCUT2D eigenvalue weighted by Crippen LogP contribution is -2.34. The SMILES string of the molecule is Cn1nc(C(=O)OCC(=O)N2N=C3/C(=C\c4cccs4)CCC[C@@H]3[C@H]2c2cccs2)c2ccccc2c1=O. The Labute approximate surface area is 226 Å². The second-order valence-electron chi connectivity index (χ2n) is 9.27. The fourth-order valence-corrected chi connectivity index (χ4v) is 6.76. The van der Waals surface area contributed by atoms with Gasteiger partial charge in [-0.05, 0) is 59.9 Å². The van der Waals surface area contributed by atoms with E-state index in [1.54, 1.807) is 46.9 Å². The molecule has 4 aromatic rings. The molecule has 1 saturated carbocycles. The fourth-order valence-electron chi connectivity index (χ4n) is 5.20. The minimum Gasteiger partial charge on any atom is -0.451 e. The van der Waals surface area contributed by atoms with E-state index in [1.807, 2.05) is 29.0 Å². The van der Waals surface area contributed by atoms with Crippen LogP contribution in [-0.2, 0) is 16.6 Å². The zero-order valence-electron chi connectivity index (χ0n) is 20.6. The Kier molecular flexibility index (Phi) is 6.50. The molecule has 1 amide bonds. The van der Waals surface area contributed by atoms with E-state index in [-0.39, 0.29) is 23.2 Å². The van der Waals surface area contributed by atoms with Crippen LogP contribution in [0, 0.1) is 5.92 Å². The number of nitrogens with zero attached hydrogens (tertiary/aromatic N) is 4. The lowest BCUT2D eigenvalue weighted by Gasteiger charge is -2.28. The first-order valence-electron chi connectivity index (χ1n) is 12.3. The maximum Gasteiger partial charge on any atom is 0.359 e. The number of rotatable bonds is 5. The fraction of sp³-hybridized carbons (Fsp3) is 0.250. The molecule has 6 rings (SSSR count). The molecular weight excluding hydrogens is 520 g/mol. The number of aryl methyl sites for hydroxylation is 1. The molecule has 0 N–H and O–H groups in total. The molecular formula is C28H24N4O4S2. The summed E-state index contributed by atoms with van der Waals surface area (Å²) in [5.74, 6) is -1.08. The zero-order chi connectivity index (χ0) is 26.2. The Morgan fingerprint density at radius 3 is 2.63 bits per heavy atom. The van der Waals surface area contributed by atoms with Gasteiger partial charge in [-0.3, -0.25) is 9.59 Å². The Balaban J connectivity index is 1.28. The minimum absolute atomic E-state index is 0.00659. The van der Waals surface area contributed by atoms with Crippen molar-refractivity contribution in [1.29, 1.82) is 0 Å². The van der Waals surface area contributed by atoms with Crippen LogP contribution in [0.2, 0.25) is 0 Å². The van der Waals surface area contributed by atoms with Crippen LogP contribution in [0.1, 0.15) is 45.5 Å². The van der Waals surface area contributed by atoms with Crippen molar-refractivity contribution in [3.05, 3.63) is 90.7 Å². The number of aromatic nitrogens is 2. The molecule has 0 saturated heterocycles. The van der Waals surface area contributed by atoms with Crippen molar-refractivity contribution < 1.29 is 14.3 Å². The largest absolute Gasteiger partial charge is 0.451 e. The molecule has 0 bridgehead atoms. The predicted molar refractivity (Wildman–Crippen MR) is 148 cm³/mol. The lowest BCUT2D eigenvalue weighted by atomic mass is 9.79. The third-order valence-corrected chi connectivity index (χ3v) is 8.69. The summed E-state index contributed by atoms with van der Waals surface area (Å²) < 4.78 is 6.55. The molecule has 1 aliphatic carbocycles. The predicted octanol–water partition coefficient (Wildman–Crippen LogP) is 5.04. The van der Waals surface area contributed by atoms with Crippen molar-refractivity contribution >= 4 is 57.1 Å². The molecule has 8 nitrogen and oxygen atoms in total. The van der Waals surface area contributed by atoms with Crippen molar-refractivity contribution in [2.75, 3.05) is 6.61 Å². The number of allylic oxidation sites excluding steroid dienone is 1. The van der Waals surface area contributed by atoms with Gasteiger partial charge in [0.25, 0.3) is 11.5 Å². The van der Waals surface area contributed by atoms with E-state index in [9.17, 15) is 14.4 Å². The monoisotopic (exact) mass is 544 g/mol. The summed E-state index contributed by atoms with van der Waals surface area (Å²) in [7, 11) is 1.48. The third-order valence-electron chi connectivity index (χ3n) is 6.93. The molecule has 0 unspecified atom stereocenters. The summed E-state index contributed by atoms with van der Waals surface area (Å²) in [6.45, 7) is -0.479. The van der Waals surface area contributed by atoms with Crippen LogP contribution in [0.5, 0.6) is 0 Å². The van der Waals surface area contributed by atoms with Crippen molar-refractivity contribution in [3.8, 4) is 0 Å². The summed E-state index contributed by atoms with van der Waals surface area (Å²) in [6.07, 6.45) is 5.03. The number of amides is 1. The van der Waals surface area contributed by atoms with Gasteiger partial charge in [-0.2, -0.15) is 10.2 Å². The quantitative estimate of drug-likeness (QED) is 0.328. The molecule has 10 heteroatoms. The molecule has 2 aliphatic rings. The van der Waals surface area contributed by atoms with Gasteiger partial charge < -0.3 is 4.74 Å². The maximum absolute atomic E-state index is 13.5. The van der Waals surface area contributed by atoms with Crippen LogP contribution in [0.25, 0.3) is 16.8 Å². The van der Waals surface area contributed by atoms with E-state index in [2.05, 4.69) is 17.2 Å². The standard InChI is InChI=1S/C28H24N4O4S2/c1-31-27(34)20-10-3-2-9-19(20)25(29-31)28(35)36-16-23(33)32-26(22-12-6-14-38-22)21-11-4-7-17(24(21)30-32)15-18-8-5-13-37-18/h2-3,5-6,8-10,12-15,21,26H,4,7,11,16H2,1H3/b17-15-/t21-,26-/m0/s1. The van der Waals surface area contributed by atoms with Crippen molar-refractivity contribution in [2.24, 2.45) is 18.1 Å². The van der Waals surface area contributed by atoms with E-state index < -0.39 is 18.5 Å². The first-order chi connectivity index (χ1) is 18.5. The van der Waals surface area contributed by atoms with Gasteiger partial charge in [0, 0.05) is 28.1 Å². The lowest BCUT2D eigenvalue weighted by molar-refractivity contribution is -0.136. The number of fused-ring (bicyclic) bond motifs is 2. The molecule has 1 aliphatic heterocycles. The minimum atomic E-state index is -0.764. The van der Waals surface area contributed by atoms with Gasteiger partial charge in [-0.15, -0.1) is 22.7 Å². The Morgan fingerprint density at radius 2 is 1.87 bits per heavy atom. The number of hydrazone groups is 1. The number of hydrogen-bond donors (Lipinski definition) is 0. The molecule has 192 valence electrons. The molecule has 1 aromatic carbocycles. The highest BCUT2D eigenvalue weighted by molar-refractivity contribution is 7.11. The number of esters is 1. The van der Waals surface area contributed by atoms with Crippen molar-refractivity contribution in [3.63, 3.8) is 0 Å². The van der Waals surface area contributed by atoms with Crippen LogP contribution >= 0.6 is 22.7 Å². The first-order valence-corrected chi connectivity index (χ1v) is 14.1. The van der Waals surface area contributed by atoms with E-state index >= 15 is 0 Å². The normalized spacial score (nSPS) is 20.0. The van der Waals surface area contributed by atoms with E-state index in [0.717, 1.165) is 45.0 Å². The number of carbonyl (C=O) groups is 2. The maximum atomic E-state index is 13.5. The highest BCUT2D eigenvalue weighted by atomic mass is 32.1. The van der Waals surface area contributed by atoms with Gasteiger partial charge in [-0.1, -0.05) is 30.3 Å². The van der Waals surface area contributed by atoms with Gasteiger partial charge >= 0.3 is 5.97 Å². The molecule has 4 heterocycles. The molecule has 38 heavy (non-hydrogen) atoms. The number of thiophene rings is 2. The van der Waals surface area contributed by atoms with E-state index in [4.69, 9.17) is 9.84 Å². The summed E-state index contributed by atoms with van der Waals surface area (Å²) >= 11 is 3.27. The first kappa shape index (κ1) is 24.4. The zero-order valence-corrected chi connectivity index (χ0v) is 22.2. The molecule has 1 fully saturated rings. The van der Waals surface area contributed by atoms with Crippen molar-refractivity contribution in [2.45, 2.75) is 25.3 Å². The van der Waals surface area contributed by atoms with Gasteiger partial charge in [0.15, 0.2) is 12.3 Å². The molecule has 3 aromatic heterocycles. The van der Waals surface area contributed by atoms with Gasteiger partial charge in [0.05, 0.1) is 17.1 Å². The Bertz CT molecular complexity index is 1640. The summed E-state index contributed by atoms with van der Waals surface area (Å²) in [5, 5.41) is 15.2. The van der Waals surface area contributed by atoms with Gasteiger partial charge in [-0.25, -0.2) is 14.5 Å². The third kappa shape index (κ3) is 4.39. The summed E-state index contributed by atoms with van der Waals surface area (Å²) in [6, 6.07) is 14.6. The van der Waals surface area contributed by atoms with Gasteiger partial charge in [0.1, 0.15) is 0 Å². The summed E-state index contributed by atoms with van der Waals surface area (Å²) in [5.41, 5.74) is 1.77. The smallest absolute Gasteiger partial charge is 0.359 e. The van der Waals surface area contributed by atoms with Crippen LogP contribution in [-0.4, -0.2) is 39.0 Å². The second-order valence-corrected chi connectivity index (χ2v) is 11.2. The van der Waals surface area contributed by atoms with Gasteiger partial charge in [0.2, 0.25) is 0 Å². The Hall–Kier alpha value is -3.89. The highest BCUT2D eigenvalue weighted by Crippen LogP contribution is 2.45. The topological polar surface area (TPSA) is 93.9 Å². The molecule has 0 spiro atoms. The van der Waals surface area contributed by atoms with E-state index in [1.165, 1.54) is 12.1 Å². The number of carbonyl (C=O) groups excluding carboxylic acids is 2. The van der Waals surface area contributed by atoms with Crippen molar-refractivity contribution in [1.82, 2.24) is 14.8 Å². The number of ether oxygens (including phenoxy) is 1. The molecule has 0 radical (unpaired) electrons. The average Bonchev–Trinajstić information content (AvgIpc) is 3.70. The number of hydrogen-bond acceptors (Lipinski definition) is 8. The highest BCUT2D eigenvalue weighted by Gasteiger charge is 2.44. The van der Waals surface area contributed by atoms with E-state index in [0.29, 0.717) is 10.8 Å². The van der Waals surface area contributed by atoms with Crippen LogP contribution < -0.4 is 5.56 Å². The van der Waals surface area contributed by atoms with Crippen LogP contribution in [0.3, 0.4) is 0 Å². The number of benzene rings is 1. The summed E-state index contributed by atoms with van der Waals surface area (Å²) in [4.78, 5) is 41.1.